The number of esters is 1. The molecule has 2 rings (SSSR count). The Morgan fingerprint density at radius 3 is 2.65 bits per heavy atom. The lowest BCUT2D eigenvalue weighted by Crippen LogP contribution is -2.55. The number of nitrogens with one attached hydrogen (secondary N) is 1. The summed E-state index contributed by atoms with van der Waals surface area (Å²) in [6.45, 7) is 6.09. The van der Waals surface area contributed by atoms with Crippen molar-refractivity contribution in [1.82, 2.24) is 10.2 Å². The lowest BCUT2D eigenvalue weighted by atomic mass is 9.78. The van der Waals surface area contributed by atoms with E-state index in [1.165, 1.54) is 45.6 Å². The minimum Gasteiger partial charge on any atom is -0.468 e. The van der Waals surface area contributed by atoms with Crippen molar-refractivity contribution in [2.45, 2.75) is 70.5 Å². The average Bonchev–Trinajstić information content (AvgIpc) is 2.45. The lowest BCUT2D eigenvalue weighted by molar-refractivity contribution is -0.144. The molecule has 0 aromatic heterocycles. The van der Waals surface area contributed by atoms with E-state index in [0.29, 0.717) is 12.1 Å². The predicted octanol–water partition coefficient (Wildman–Crippen LogP) is 2.18. The highest BCUT2D eigenvalue weighted by molar-refractivity contribution is 5.76. The highest BCUT2D eigenvalue weighted by atomic mass is 16.5. The second kappa shape index (κ2) is 7.41. The number of rotatable bonds is 5. The molecular formula is C16H30N2O2. The Kier molecular flexibility index (Phi) is 5.85. The molecule has 1 saturated carbocycles. The second-order valence-corrected chi connectivity index (χ2v) is 6.65. The van der Waals surface area contributed by atoms with Gasteiger partial charge >= 0.3 is 5.97 Å². The normalized spacial score (nSPS) is 29.0. The Bertz CT molecular complexity index is 318. The summed E-state index contributed by atoms with van der Waals surface area (Å²) in [5.41, 5.74) is 0. The van der Waals surface area contributed by atoms with Crippen LogP contribution in [0.25, 0.3) is 0 Å². The van der Waals surface area contributed by atoms with Crippen LogP contribution in [0.1, 0.15) is 52.4 Å². The number of hydrogen-bond acceptors (Lipinski definition) is 4. The first-order valence-corrected chi connectivity index (χ1v) is 8.19. The molecule has 20 heavy (non-hydrogen) atoms. The van der Waals surface area contributed by atoms with Gasteiger partial charge in [-0.2, -0.15) is 0 Å². The largest absolute Gasteiger partial charge is 0.468 e. The van der Waals surface area contributed by atoms with Crippen molar-refractivity contribution in [3.05, 3.63) is 0 Å². The molecule has 1 heterocycles. The van der Waals surface area contributed by atoms with E-state index in [2.05, 4.69) is 24.1 Å². The first-order valence-electron chi connectivity index (χ1n) is 8.19. The average molecular weight is 282 g/mol. The van der Waals surface area contributed by atoms with E-state index < -0.39 is 0 Å². The number of methoxy groups -OCH3 is 1. The van der Waals surface area contributed by atoms with E-state index >= 15 is 0 Å². The molecule has 0 aromatic rings. The summed E-state index contributed by atoms with van der Waals surface area (Å²) in [6, 6.07) is 0.797. The zero-order chi connectivity index (χ0) is 14.5. The van der Waals surface area contributed by atoms with Crippen molar-refractivity contribution in [3.63, 3.8) is 0 Å². The highest BCUT2D eigenvalue weighted by Crippen LogP contribution is 2.35. The molecular weight excluding hydrogens is 252 g/mol. The van der Waals surface area contributed by atoms with E-state index in [4.69, 9.17) is 4.74 Å². The van der Waals surface area contributed by atoms with E-state index in [-0.39, 0.29) is 12.0 Å². The summed E-state index contributed by atoms with van der Waals surface area (Å²) in [7, 11) is 1.48. The molecule has 0 bridgehead atoms. The minimum atomic E-state index is -0.194. The maximum absolute atomic E-state index is 12.0. The number of carbonyl (C=O) groups is 1. The van der Waals surface area contributed by atoms with Crippen LogP contribution in [-0.4, -0.2) is 49.2 Å². The molecule has 1 saturated heterocycles. The summed E-state index contributed by atoms with van der Waals surface area (Å²) >= 11 is 0. The fraction of sp³-hybridized carbons (Fsp3) is 0.938. The topological polar surface area (TPSA) is 41.6 Å². The first-order chi connectivity index (χ1) is 9.61. The van der Waals surface area contributed by atoms with Gasteiger partial charge in [-0.25, -0.2) is 0 Å². The van der Waals surface area contributed by atoms with Crippen LogP contribution in [0.15, 0.2) is 0 Å². The van der Waals surface area contributed by atoms with Crippen LogP contribution in [-0.2, 0) is 9.53 Å². The lowest BCUT2D eigenvalue weighted by Gasteiger charge is -2.45. The molecule has 1 aliphatic carbocycles. The molecule has 2 aliphatic rings. The molecule has 3 atom stereocenters. The molecule has 1 N–H and O–H groups in total. The minimum absolute atomic E-state index is 0.128. The third kappa shape index (κ3) is 3.95. The van der Waals surface area contributed by atoms with Gasteiger partial charge in [-0.05, 0) is 38.1 Å². The maximum Gasteiger partial charge on any atom is 0.324 e. The predicted molar refractivity (Wildman–Crippen MR) is 80.6 cm³/mol. The third-order valence-corrected chi connectivity index (χ3v) is 4.80. The smallest absolute Gasteiger partial charge is 0.324 e. The van der Waals surface area contributed by atoms with Gasteiger partial charge in [0.25, 0.3) is 0 Å². The van der Waals surface area contributed by atoms with Gasteiger partial charge in [0.15, 0.2) is 0 Å². The molecule has 4 heteroatoms. The van der Waals surface area contributed by atoms with Crippen molar-refractivity contribution in [2.24, 2.45) is 5.92 Å². The zero-order valence-electron chi connectivity index (χ0n) is 13.2. The Morgan fingerprint density at radius 2 is 1.95 bits per heavy atom. The number of likely N-dealkylation sites (tertiary alicyclic amines) is 1. The first kappa shape index (κ1) is 15.8. The molecule has 0 amide bonds. The quantitative estimate of drug-likeness (QED) is 0.785. The van der Waals surface area contributed by atoms with Crippen molar-refractivity contribution in [2.75, 3.05) is 20.2 Å². The number of carbonyl (C=O) groups excluding carboxylic acids is 1. The highest BCUT2D eigenvalue weighted by Gasteiger charge is 2.35. The van der Waals surface area contributed by atoms with Crippen LogP contribution < -0.4 is 5.32 Å². The van der Waals surface area contributed by atoms with Crippen LogP contribution in [0.2, 0.25) is 0 Å². The second-order valence-electron chi connectivity index (χ2n) is 6.65. The van der Waals surface area contributed by atoms with Crippen molar-refractivity contribution in [3.8, 4) is 0 Å². The van der Waals surface area contributed by atoms with Crippen molar-refractivity contribution < 1.29 is 9.53 Å². The molecule has 4 nitrogen and oxygen atoms in total. The summed E-state index contributed by atoms with van der Waals surface area (Å²) < 4.78 is 4.96. The summed E-state index contributed by atoms with van der Waals surface area (Å²) in [5, 5.41) is 3.36. The van der Waals surface area contributed by atoms with Gasteiger partial charge in [-0.15, -0.1) is 0 Å². The Morgan fingerprint density at radius 1 is 1.25 bits per heavy atom. The van der Waals surface area contributed by atoms with Crippen molar-refractivity contribution >= 4 is 5.97 Å². The number of nitrogens with zero attached hydrogens (tertiary/aromatic N) is 1. The van der Waals surface area contributed by atoms with Crippen molar-refractivity contribution in [1.29, 1.82) is 0 Å². The fourth-order valence-corrected chi connectivity index (χ4v) is 3.93. The van der Waals surface area contributed by atoms with E-state index in [1.54, 1.807) is 0 Å². The molecule has 0 radical (unpaired) electrons. The van der Waals surface area contributed by atoms with Gasteiger partial charge in [0, 0.05) is 18.6 Å². The van der Waals surface area contributed by atoms with E-state index in [0.717, 1.165) is 19.0 Å². The Balaban J connectivity index is 1.98. The van der Waals surface area contributed by atoms with Crippen LogP contribution >= 0.6 is 0 Å². The van der Waals surface area contributed by atoms with E-state index in [1.807, 2.05) is 0 Å². The van der Waals surface area contributed by atoms with Crippen LogP contribution in [0.5, 0.6) is 0 Å². The van der Waals surface area contributed by atoms with Crippen LogP contribution in [0, 0.1) is 5.92 Å². The van der Waals surface area contributed by atoms with Gasteiger partial charge in [0.1, 0.15) is 6.04 Å². The third-order valence-electron chi connectivity index (χ3n) is 4.80. The van der Waals surface area contributed by atoms with Crippen LogP contribution in [0.3, 0.4) is 0 Å². The molecule has 1 aliphatic heterocycles. The molecule has 0 spiro atoms. The SMILES string of the molecule is COC(=O)C(CN1CCC[C@H]2CCCC[C@H]21)NC(C)C. The number of ether oxygens (including phenoxy) is 1. The summed E-state index contributed by atoms with van der Waals surface area (Å²) in [6.07, 6.45) is 8.07. The monoisotopic (exact) mass is 282 g/mol. The van der Waals surface area contributed by atoms with Crippen LogP contribution in [0.4, 0.5) is 0 Å². The Labute approximate surface area is 123 Å². The molecule has 2 fully saturated rings. The number of hydrogen-bond donors (Lipinski definition) is 1. The number of fused-ring (bicyclic) bond motifs is 1. The van der Waals surface area contributed by atoms with Gasteiger partial charge in [0.2, 0.25) is 0 Å². The molecule has 1 unspecified atom stereocenters. The van der Waals surface area contributed by atoms with E-state index in [9.17, 15) is 4.79 Å². The zero-order valence-corrected chi connectivity index (χ0v) is 13.2. The fourth-order valence-electron chi connectivity index (χ4n) is 3.93. The summed E-state index contributed by atoms with van der Waals surface area (Å²) in [5.74, 6) is 0.728. The maximum atomic E-state index is 12.0. The Hall–Kier alpha value is -0.610. The standard InChI is InChI=1S/C16H30N2O2/c1-12(2)17-14(16(19)20-3)11-18-10-6-8-13-7-4-5-9-15(13)18/h12-15,17H,4-11H2,1-3H3/t13-,14?,15-/m1/s1. The van der Waals surface area contributed by atoms with Gasteiger partial charge in [0.05, 0.1) is 7.11 Å². The van der Waals surface area contributed by atoms with Gasteiger partial charge in [-0.1, -0.05) is 26.7 Å². The molecule has 0 aromatic carbocycles. The molecule has 116 valence electrons. The van der Waals surface area contributed by atoms with Gasteiger partial charge < -0.3 is 10.1 Å². The summed E-state index contributed by atoms with van der Waals surface area (Å²) in [4.78, 5) is 14.5. The van der Waals surface area contributed by atoms with Gasteiger partial charge in [-0.3, -0.25) is 9.69 Å². The number of piperidine rings is 1.